The van der Waals surface area contributed by atoms with Crippen LogP contribution in [0, 0.1) is 5.92 Å². The Morgan fingerprint density at radius 1 is 1.46 bits per heavy atom. The van der Waals surface area contributed by atoms with Crippen molar-refractivity contribution in [3.8, 4) is 0 Å². The highest BCUT2D eigenvalue weighted by atomic mass is 19.4. The summed E-state index contributed by atoms with van der Waals surface area (Å²) in [6, 6.07) is 2.21. The lowest BCUT2D eigenvalue weighted by atomic mass is 9.96. The Morgan fingerprint density at radius 3 is 2.79 bits per heavy atom. The van der Waals surface area contributed by atoms with Crippen LogP contribution in [0.25, 0.3) is 0 Å². The van der Waals surface area contributed by atoms with E-state index in [0.29, 0.717) is 19.4 Å². The number of anilines is 1. The third kappa shape index (κ3) is 4.15. The second-order valence-corrected chi connectivity index (χ2v) is 5.82. The normalized spacial score (nSPS) is 18.3. The standard InChI is InChI=1S/C15H19F3N4O2/c1-21(9-12(19)23)14(24)10-4-3-7-22(8-10)13-11(15(16,17)18)5-2-6-20-13/h2,5-6,10H,3-4,7-9H2,1H3,(H2,19,23)/t10-/m1/s1. The third-order valence-electron chi connectivity index (χ3n) is 3.93. The highest BCUT2D eigenvalue weighted by molar-refractivity contribution is 5.85. The zero-order chi connectivity index (χ0) is 17.9. The Kier molecular flexibility index (Phi) is 5.30. The summed E-state index contributed by atoms with van der Waals surface area (Å²) in [6.07, 6.45) is -2.10. The molecule has 2 heterocycles. The van der Waals surface area contributed by atoms with Crippen LogP contribution in [0.2, 0.25) is 0 Å². The molecule has 2 amide bonds. The fourth-order valence-corrected chi connectivity index (χ4v) is 2.86. The number of amides is 2. The van der Waals surface area contributed by atoms with Crippen molar-refractivity contribution >= 4 is 17.6 Å². The van der Waals surface area contributed by atoms with Crippen molar-refractivity contribution in [2.24, 2.45) is 11.7 Å². The number of aromatic nitrogens is 1. The molecule has 0 aliphatic carbocycles. The number of carbonyl (C=O) groups is 2. The van der Waals surface area contributed by atoms with Gasteiger partial charge in [-0.2, -0.15) is 13.2 Å². The van der Waals surface area contributed by atoms with E-state index in [1.807, 2.05) is 0 Å². The van der Waals surface area contributed by atoms with Gasteiger partial charge in [0.05, 0.1) is 18.0 Å². The molecule has 1 aliphatic heterocycles. The van der Waals surface area contributed by atoms with Gasteiger partial charge in [-0.05, 0) is 25.0 Å². The van der Waals surface area contributed by atoms with Gasteiger partial charge in [0.1, 0.15) is 5.82 Å². The molecule has 0 unspecified atom stereocenters. The summed E-state index contributed by atoms with van der Waals surface area (Å²) in [4.78, 5) is 29.8. The van der Waals surface area contributed by atoms with Crippen LogP contribution in [-0.2, 0) is 15.8 Å². The number of hydrogen-bond donors (Lipinski definition) is 1. The van der Waals surface area contributed by atoms with E-state index in [9.17, 15) is 22.8 Å². The second-order valence-electron chi connectivity index (χ2n) is 5.82. The summed E-state index contributed by atoms with van der Waals surface area (Å²) in [6.45, 7) is 0.304. The molecule has 132 valence electrons. The molecule has 2 rings (SSSR count). The number of nitrogens with two attached hydrogens (primary N) is 1. The first-order valence-electron chi connectivity index (χ1n) is 7.50. The monoisotopic (exact) mass is 344 g/mol. The summed E-state index contributed by atoms with van der Waals surface area (Å²) in [7, 11) is 1.45. The Hall–Kier alpha value is -2.32. The molecule has 24 heavy (non-hydrogen) atoms. The fraction of sp³-hybridized carbons (Fsp3) is 0.533. The number of alkyl halides is 3. The maximum atomic E-state index is 13.1. The molecule has 1 aromatic rings. The van der Waals surface area contributed by atoms with Gasteiger partial charge in [-0.1, -0.05) is 0 Å². The number of piperidine rings is 1. The molecule has 1 aromatic heterocycles. The first-order valence-corrected chi connectivity index (χ1v) is 7.50. The second kappa shape index (κ2) is 7.06. The summed E-state index contributed by atoms with van der Waals surface area (Å²) in [5.41, 5.74) is 4.25. The number of carbonyl (C=O) groups excluding carboxylic acids is 2. The van der Waals surface area contributed by atoms with Gasteiger partial charge in [0.25, 0.3) is 0 Å². The van der Waals surface area contributed by atoms with Crippen molar-refractivity contribution in [2.45, 2.75) is 19.0 Å². The topological polar surface area (TPSA) is 79.5 Å². The number of likely N-dealkylation sites (N-methyl/N-ethyl adjacent to an activating group) is 1. The predicted molar refractivity (Wildman–Crippen MR) is 81.0 cm³/mol. The van der Waals surface area contributed by atoms with Crippen molar-refractivity contribution in [3.63, 3.8) is 0 Å². The minimum Gasteiger partial charge on any atom is -0.368 e. The van der Waals surface area contributed by atoms with E-state index in [2.05, 4.69) is 4.98 Å². The number of rotatable bonds is 4. The van der Waals surface area contributed by atoms with Crippen LogP contribution in [-0.4, -0.2) is 48.4 Å². The molecular weight excluding hydrogens is 325 g/mol. The molecule has 1 saturated heterocycles. The van der Waals surface area contributed by atoms with Gasteiger partial charge < -0.3 is 15.5 Å². The van der Waals surface area contributed by atoms with Crippen LogP contribution in [0.1, 0.15) is 18.4 Å². The van der Waals surface area contributed by atoms with Gasteiger partial charge in [-0.25, -0.2) is 4.98 Å². The SMILES string of the molecule is CN(CC(N)=O)C(=O)[C@@H]1CCCN(c2ncccc2C(F)(F)F)C1. The summed E-state index contributed by atoms with van der Waals surface area (Å²) >= 11 is 0. The minimum absolute atomic E-state index is 0.127. The van der Waals surface area contributed by atoms with E-state index in [-0.39, 0.29) is 24.8 Å². The van der Waals surface area contributed by atoms with Gasteiger partial charge in [0, 0.05) is 26.3 Å². The number of halogens is 3. The van der Waals surface area contributed by atoms with Gasteiger partial charge in [0.2, 0.25) is 11.8 Å². The molecule has 0 aromatic carbocycles. The van der Waals surface area contributed by atoms with Crippen LogP contribution in [0.5, 0.6) is 0 Å². The van der Waals surface area contributed by atoms with Crippen molar-refractivity contribution < 1.29 is 22.8 Å². The van der Waals surface area contributed by atoms with Gasteiger partial charge in [-0.15, -0.1) is 0 Å². The lowest BCUT2D eigenvalue weighted by Gasteiger charge is -2.35. The Balaban J connectivity index is 2.17. The summed E-state index contributed by atoms with van der Waals surface area (Å²) in [5.74, 6) is -1.60. The van der Waals surface area contributed by atoms with Crippen molar-refractivity contribution in [3.05, 3.63) is 23.9 Å². The molecule has 0 spiro atoms. The van der Waals surface area contributed by atoms with Gasteiger partial charge in [0.15, 0.2) is 0 Å². The maximum absolute atomic E-state index is 13.1. The van der Waals surface area contributed by atoms with Crippen molar-refractivity contribution in [2.75, 3.05) is 31.6 Å². The average Bonchev–Trinajstić information content (AvgIpc) is 2.53. The summed E-state index contributed by atoms with van der Waals surface area (Å²) < 4.78 is 39.4. The number of hydrogen-bond acceptors (Lipinski definition) is 4. The smallest absolute Gasteiger partial charge is 0.368 e. The van der Waals surface area contributed by atoms with E-state index in [1.54, 1.807) is 0 Å². The number of pyridine rings is 1. The molecule has 9 heteroatoms. The van der Waals surface area contributed by atoms with Crippen LogP contribution < -0.4 is 10.6 Å². The largest absolute Gasteiger partial charge is 0.419 e. The Labute approximate surface area is 137 Å². The van der Waals surface area contributed by atoms with Crippen molar-refractivity contribution in [1.82, 2.24) is 9.88 Å². The van der Waals surface area contributed by atoms with Crippen LogP contribution in [0.4, 0.5) is 19.0 Å². The number of nitrogens with zero attached hydrogens (tertiary/aromatic N) is 3. The molecule has 6 nitrogen and oxygen atoms in total. The maximum Gasteiger partial charge on any atom is 0.419 e. The molecule has 1 aliphatic rings. The highest BCUT2D eigenvalue weighted by Gasteiger charge is 2.37. The summed E-state index contributed by atoms with van der Waals surface area (Å²) in [5, 5.41) is 0. The molecule has 0 bridgehead atoms. The van der Waals surface area contributed by atoms with E-state index < -0.39 is 23.6 Å². The minimum atomic E-state index is -4.51. The van der Waals surface area contributed by atoms with Crippen LogP contribution in [0.15, 0.2) is 18.3 Å². The Morgan fingerprint density at radius 2 is 2.17 bits per heavy atom. The van der Waals surface area contributed by atoms with E-state index in [0.717, 1.165) is 6.07 Å². The quantitative estimate of drug-likeness (QED) is 0.892. The predicted octanol–water partition coefficient (Wildman–Crippen LogP) is 1.26. The van der Waals surface area contributed by atoms with Gasteiger partial charge in [-0.3, -0.25) is 9.59 Å². The highest BCUT2D eigenvalue weighted by Crippen LogP contribution is 2.36. The zero-order valence-corrected chi connectivity index (χ0v) is 13.2. The first-order chi connectivity index (χ1) is 11.2. The fourth-order valence-electron chi connectivity index (χ4n) is 2.86. The number of primary amides is 1. The molecule has 1 atom stereocenters. The average molecular weight is 344 g/mol. The lowest BCUT2D eigenvalue weighted by molar-refractivity contribution is -0.137. The Bertz CT molecular complexity index is 621. The van der Waals surface area contributed by atoms with E-state index in [4.69, 9.17) is 5.73 Å². The lowest BCUT2D eigenvalue weighted by Crippen LogP contribution is -2.46. The molecule has 1 fully saturated rings. The molecule has 2 N–H and O–H groups in total. The van der Waals surface area contributed by atoms with E-state index >= 15 is 0 Å². The third-order valence-corrected chi connectivity index (χ3v) is 3.93. The van der Waals surface area contributed by atoms with Gasteiger partial charge >= 0.3 is 6.18 Å². The molecular formula is C15H19F3N4O2. The van der Waals surface area contributed by atoms with E-state index in [1.165, 1.54) is 29.1 Å². The zero-order valence-electron chi connectivity index (χ0n) is 13.2. The van der Waals surface area contributed by atoms with Crippen molar-refractivity contribution in [1.29, 1.82) is 0 Å². The first kappa shape index (κ1) is 18.0. The molecule has 0 saturated carbocycles. The van der Waals surface area contributed by atoms with Crippen LogP contribution >= 0.6 is 0 Å². The molecule has 0 radical (unpaired) electrons. The van der Waals surface area contributed by atoms with Crippen LogP contribution in [0.3, 0.4) is 0 Å².